The molecule has 1 unspecified atom stereocenters. The van der Waals surface area contributed by atoms with Crippen molar-refractivity contribution in [3.63, 3.8) is 0 Å². The average molecular weight is 565 g/mol. The normalized spacial score (nSPS) is 17.3. The summed E-state index contributed by atoms with van der Waals surface area (Å²) in [6.07, 6.45) is 5.75. The molecule has 2 aliphatic rings. The van der Waals surface area contributed by atoms with E-state index in [9.17, 15) is 9.59 Å². The molecule has 0 bridgehead atoms. The van der Waals surface area contributed by atoms with Crippen molar-refractivity contribution >= 4 is 11.8 Å². The first-order valence-electron chi connectivity index (χ1n) is 15.3. The second-order valence-electron chi connectivity index (χ2n) is 11.9. The van der Waals surface area contributed by atoms with Crippen molar-refractivity contribution in [3.05, 3.63) is 119 Å². The van der Waals surface area contributed by atoms with Gasteiger partial charge in [-0.2, -0.15) is 0 Å². The zero-order valence-electron chi connectivity index (χ0n) is 24.9. The Labute approximate surface area is 250 Å². The van der Waals surface area contributed by atoms with Crippen LogP contribution in [0, 0.1) is 5.92 Å². The Morgan fingerprint density at radius 1 is 0.810 bits per heavy atom. The zero-order chi connectivity index (χ0) is 29.5. The molecule has 3 aromatic rings. The summed E-state index contributed by atoms with van der Waals surface area (Å²) in [7, 11) is 2.07. The molecule has 2 amide bonds. The van der Waals surface area contributed by atoms with Crippen LogP contribution in [0.25, 0.3) is 0 Å². The number of rotatable bonds is 14. The SMILES string of the molecule is C=C(N)C(c1ccccc1)(c1ccccc1)C1CCN(CCCCCCN(C)CCN2C(=O)c3ccccc3C2=O)C1. The van der Waals surface area contributed by atoms with Gasteiger partial charge in [-0.25, -0.2) is 0 Å². The minimum absolute atomic E-state index is 0.172. The van der Waals surface area contributed by atoms with E-state index in [1.54, 1.807) is 12.1 Å². The van der Waals surface area contributed by atoms with Crippen molar-refractivity contribution in [2.24, 2.45) is 11.7 Å². The maximum absolute atomic E-state index is 12.6. The van der Waals surface area contributed by atoms with Crippen molar-refractivity contribution in [2.75, 3.05) is 46.3 Å². The van der Waals surface area contributed by atoms with E-state index < -0.39 is 5.41 Å². The molecule has 2 aliphatic heterocycles. The number of nitrogens with zero attached hydrogens (tertiary/aromatic N) is 3. The summed E-state index contributed by atoms with van der Waals surface area (Å²) in [5.74, 6) is 0.0260. The van der Waals surface area contributed by atoms with E-state index >= 15 is 0 Å². The molecule has 0 saturated carbocycles. The van der Waals surface area contributed by atoms with E-state index in [2.05, 4.69) is 84.1 Å². The fourth-order valence-electron chi connectivity index (χ4n) is 6.96. The molecule has 0 radical (unpaired) electrons. The minimum atomic E-state index is -0.394. The number of carbonyl (C=O) groups is 2. The molecular weight excluding hydrogens is 520 g/mol. The van der Waals surface area contributed by atoms with Crippen molar-refractivity contribution in [1.82, 2.24) is 14.7 Å². The molecule has 0 aliphatic carbocycles. The third-order valence-electron chi connectivity index (χ3n) is 9.20. The number of likely N-dealkylation sites (tertiary alicyclic amines) is 1. The van der Waals surface area contributed by atoms with Gasteiger partial charge in [0.25, 0.3) is 11.8 Å². The third-order valence-corrected chi connectivity index (χ3v) is 9.20. The van der Waals surface area contributed by atoms with Gasteiger partial charge >= 0.3 is 0 Å². The molecule has 220 valence electrons. The Bertz CT molecular complexity index is 1300. The molecular formula is C36H44N4O2. The zero-order valence-corrected chi connectivity index (χ0v) is 24.9. The smallest absolute Gasteiger partial charge is 0.261 e. The monoisotopic (exact) mass is 564 g/mol. The second kappa shape index (κ2) is 13.5. The number of hydrogen-bond acceptors (Lipinski definition) is 5. The fourth-order valence-corrected chi connectivity index (χ4v) is 6.96. The van der Waals surface area contributed by atoms with Gasteiger partial charge in [-0.05, 0) is 75.1 Å². The molecule has 42 heavy (non-hydrogen) atoms. The molecule has 1 fully saturated rings. The molecule has 5 rings (SSSR count). The van der Waals surface area contributed by atoms with E-state index in [0.717, 1.165) is 44.7 Å². The van der Waals surface area contributed by atoms with Crippen molar-refractivity contribution < 1.29 is 9.59 Å². The van der Waals surface area contributed by atoms with Crippen LogP contribution in [-0.2, 0) is 5.41 Å². The van der Waals surface area contributed by atoms with Crippen LogP contribution < -0.4 is 5.73 Å². The van der Waals surface area contributed by atoms with Gasteiger partial charge in [0.2, 0.25) is 0 Å². The van der Waals surface area contributed by atoms with Crippen molar-refractivity contribution in [3.8, 4) is 0 Å². The maximum Gasteiger partial charge on any atom is 0.261 e. The highest BCUT2D eigenvalue weighted by Crippen LogP contribution is 2.46. The summed E-state index contributed by atoms with van der Waals surface area (Å²) >= 11 is 0. The number of benzene rings is 3. The lowest BCUT2D eigenvalue weighted by Crippen LogP contribution is -2.42. The Morgan fingerprint density at radius 3 is 1.93 bits per heavy atom. The number of carbonyl (C=O) groups excluding carboxylic acids is 2. The number of amides is 2. The summed E-state index contributed by atoms with van der Waals surface area (Å²) in [5, 5.41) is 0. The molecule has 2 N–H and O–H groups in total. The van der Waals surface area contributed by atoms with Crippen molar-refractivity contribution in [1.29, 1.82) is 0 Å². The number of fused-ring (bicyclic) bond motifs is 1. The lowest BCUT2D eigenvalue weighted by atomic mass is 9.63. The Kier molecular flexibility index (Phi) is 9.55. The van der Waals surface area contributed by atoms with Gasteiger partial charge in [-0.15, -0.1) is 0 Å². The van der Waals surface area contributed by atoms with E-state index in [1.165, 1.54) is 35.3 Å². The van der Waals surface area contributed by atoms with E-state index in [4.69, 9.17) is 5.73 Å². The molecule has 1 saturated heterocycles. The first kappa shape index (κ1) is 29.7. The van der Waals surface area contributed by atoms with Gasteiger partial charge in [-0.1, -0.05) is 92.2 Å². The molecule has 2 heterocycles. The van der Waals surface area contributed by atoms with Crippen LogP contribution in [0.4, 0.5) is 0 Å². The molecule has 0 aromatic heterocycles. The number of likely N-dealkylation sites (N-methyl/N-ethyl adjacent to an activating group) is 1. The molecule has 0 spiro atoms. The quantitative estimate of drug-likeness (QED) is 0.205. The van der Waals surface area contributed by atoms with Crippen LogP contribution in [-0.4, -0.2) is 72.8 Å². The number of nitrogens with two attached hydrogens (primary N) is 1. The van der Waals surface area contributed by atoms with Gasteiger partial charge in [0.05, 0.1) is 16.5 Å². The molecule has 6 nitrogen and oxygen atoms in total. The van der Waals surface area contributed by atoms with Gasteiger partial charge in [0, 0.05) is 25.3 Å². The van der Waals surface area contributed by atoms with Crippen LogP contribution >= 0.6 is 0 Å². The van der Waals surface area contributed by atoms with Crippen molar-refractivity contribution in [2.45, 2.75) is 37.5 Å². The van der Waals surface area contributed by atoms with Crippen LogP contribution in [0.3, 0.4) is 0 Å². The standard InChI is InChI=1S/C36H44N4O2/c1-28(37)36(29-15-7-5-8-16-29,30-17-9-6-10-18-30)31-21-24-39(27-31)23-14-4-3-13-22-38(2)25-26-40-34(41)32-19-11-12-20-33(32)35(40)42/h5-12,15-20,31H,1,3-4,13-14,21-27,37H2,2H3. The average Bonchev–Trinajstić information content (AvgIpc) is 3.57. The highest BCUT2D eigenvalue weighted by Gasteiger charge is 2.46. The predicted octanol–water partition coefficient (Wildman–Crippen LogP) is 5.56. The first-order chi connectivity index (χ1) is 20.4. The highest BCUT2D eigenvalue weighted by molar-refractivity contribution is 6.21. The Morgan fingerprint density at radius 2 is 1.36 bits per heavy atom. The first-order valence-corrected chi connectivity index (χ1v) is 15.3. The van der Waals surface area contributed by atoms with E-state index in [-0.39, 0.29) is 11.8 Å². The summed E-state index contributed by atoms with van der Waals surface area (Å²) in [5.41, 5.74) is 10.5. The third kappa shape index (κ3) is 6.06. The lowest BCUT2D eigenvalue weighted by Gasteiger charge is -2.41. The van der Waals surface area contributed by atoms with Gasteiger partial charge in [0.1, 0.15) is 0 Å². The summed E-state index contributed by atoms with van der Waals surface area (Å²) in [6, 6.07) is 28.4. The largest absolute Gasteiger partial charge is 0.401 e. The Hall–Kier alpha value is -3.74. The summed E-state index contributed by atoms with van der Waals surface area (Å²) in [4.78, 5) is 31.4. The summed E-state index contributed by atoms with van der Waals surface area (Å²) in [6.45, 7) is 9.62. The fraction of sp³-hybridized carbons (Fsp3) is 0.389. The lowest BCUT2D eigenvalue weighted by molar-refractivity contribution is 0.0641. The molecule has 6 heteroatoms. The highest BCUT2D eigenvalue weighted by atomic mass is 16.2. The minimum Gasteiger partial charge on any atom is -0.401 e. The number of unbranched alkanes of at least 4 members (excludes halogenated alkanes) is 3. The van der Waals surface area contributed by atoms with E-state index in [1.807, 2.05) is 12.1 Å². The second-order valence-corrected chi connectivity index (χ2v) is 11.9. The summed E-state index contributed by atoms with van der Waals surface area (Å²) < 4.78 is 0. The maximum atomic E-state index is 12.6. The topological polar surface area (TPSA) is 69.9 Å². The Balaban J connectivity index is 1.05. The number of imide groups is 1. The molecule has 1 atom stereocenters. The number of allylic oxidation sites excluding steroid dienone is 1. The van der Waals surface area contributed by atoms with Crippen LogP contribution in [0.2, 0.25) is 0 Å². The van der Waals surface area contributed by atoms with Gasteiger partial charge in [-0.3, -0.25) is 14.5 Å². The number of hydrogen-bond donors (Lipinski definition) is 1. The van der Waals surface area contributed by atoms with E-state index in [0.29, 0.717) is 30.1 Å². The van der Waals surface area contributed by atoms with Crippen LogP contribution in [0.5, 0.6) is 0 Å². The van der Waals surface area contributed by atoms with Gasteiger partial charge in [0.15, 0.2) is 0 Å². The predicted molar refractivity (Wildman–Crippen MR) is 169 cm³/mol. The van der Waals surface area contributed by atoms with Gasteiger partial charge < -0.3 is 15.5 Å². The van der Waals surface area contributed by atoms with Crippen LogP contribution in [0.1, 0.15) is 63.9 Å². The molecule has 3 aromatic carbocycles. The van der Waals surface area contributed by atoms with Crippen LogP contribution in [0.15, 0.2) is 97.2 Å².